The first kappa shape index (κ1) is 9.55. The van der Waals surface area contributed by atoms with Crippen LogP contribution in [0.5, 0.6) is 0 Å². The van der Waals surface area contributed by atoms with Crippen molar-refractivity contribution in [3.05, 3.63) is 0 Å². The molecule has 0 aliphatic heterocycles. The zero-order chi connectivity index (χ0) is 9.64. The molecule has 0 heteroatoms. The minimum absolute atomic E-state index is 0.638. The van der Waals surface area contributed by atoms with E-state index in [-0.39, 0.29) is 0 Å². The molecule has 0 aromatic heterocycles. The molecule has 13 heavy (non-hydrogen) atoms. The minimum Gasteiger partial charge on any atom is -0.0622 e. The smallest absolute Gasteiger partial charge is 0.0320 e. The number of rotatable bonds is 0. The standard InChI is InChI=1S/C13H24/c1-9-6-5-7-11-12(9)10(2)8-13(11,3)4/h9-12H,5-8H2,1-4H3. The molecule has 0 aromatic carbocycles. The van der Waals surface area contributed by atoms with Gasteiger partial charge in [0.2, 0.25) is 0 Å². The monoisotopic (exact) mass is 180 g/mol. The maximum absolute atomic E-state index is 2.49. The summed E-state index contributed by atoms with van der Waals surface area (Å²) in [6.07, 6.45) is 5.94. The van der Waals surface area contributed by atoms with Crippen LogP contribution in [-0.4, -0.2) is 0 Å². The third kappa shape index (κ3) is 1.43. The fourth-order valence-electron chi connectivity index (χ4n) is 4.43. The fourth-order valence-corrected chi connectivity index (χ4v) is 4.43. The molecule has 76 valence electrons. The Hall–Kier alpha value is 0. The lowest BCUT2D eigenvalue weighted by molar-refractivity contribution is 0.111. The van der Waals surface area contributed by atoms with Gasteiger partial charge in [-0.3, -0.25) is 0 Å². The van der Waals surface area contributed by atoms with Crippen LogP contribution in [0.1, 0.15) is 53.4 Å². The zero-order valence-electron chi connectivity index (χ0n) is 9.64. The van der Waals surface area contributed by atoms with Gasteiger partial charge in [-0.2, -0.15) is 0 Å². The maximum atomic E-state index is 2.49. The molecule has 0 N–H and O–H groups in total. The summed E-state index contributed by atoms with van der Waals surface area (Å²) in [5.74, 6) is 4.06. The van der Waals surface area contributed by atoms with Crippen LogP contribution < -0.4 is 0 Å². The van der Waals surface area contributed by atoms with Gasteiger partial charge < -0.3 is 0 Å². The van der Waals surface area contributed by atoms with E-state index < -0.39 is 0 Å². The summed E-state index contributed by atoms with van der Waals surface area (Å²) in [5, 5.41) is 0. The van der Waals surface area contributed by atoms with Gasteiger partial charge in [0.1, 0.15) is 0 Å². The molecule has 0 saturated heterocycles. The summed E-state index contributed by atoms with van der Waals surface area (Å²) in [6.45, 7) is 9.95. The third-order valence-electron chi connectivity index (χ3n) is 4.81. The first-order valence-electron chi connectivity index (χ1n) is 6.02. The molecule has 0 aromatic rings. The highest BCUT2D eigenvalue weighted by molar-refractivity contribution is 4.98. The summed E-state index contributed by atoms with van der Waals surface area (Å²) < 4.78 is 0. The van der Waals surface area contributed by atoms with Crippen molar-refractivity contribution < 1.29 is 0 Å². The minimum atomic E-state index is 0.638. The van der Waals surface area contributed by atoms with Crippen molar-refractivity contribution in [2.75, 3.05) is 0 Å². The Morgan fingerprint density at radius 1 is 1.00 bits per heavy atom. The van der Waals surface area contributed by atoms with Crippen LogP contribution in [0.3, 0.4) is 0 Å². The second-order valence-electron chi connectivity index (χ2n) is 6.26. The Balaban J connectivity index is 2.21. The lowest BCUT2D eigenvalue weighted by Gasteiger charge is -2.38. The molecule has 2 rings (SSSR count). The molecular formula is C13H24. The van der Waals surface area contributed by atoms with Crippen molar-refractivity contribution >= 4 is 0 Å². The van der Waals surface area contributed by atoms with Crippen LogP contribution in [0.2, 0.25) is 0 Å². The van der Waals surface area contributed by atoms with E-state index in [0.717, 1.165) is 23.7 Å². The van der Waals surface area contributed by atoms with E-state index in [4.69, 9.17) is 0 Å². The normalized spacial score (nSPS) is 48.9. The molecule has 2 aliphatic carbocycles. The first-order valence-corrected chi connectivity index (χ1v) is 6.02. The zero-order valence-corrected chi connectivity index (χ0v) is 9.64. The quantitative estimate of drug-likeness (QED) is 0.526. The Kier molecular flexibility index (Phi) is 2.20. The van der Waals surface area contributed by atoms with Gasteiger partial charge in [0.25, 0.3) is 0 Å². The van der Waals surface area contributed by atoms with Gasteiger partial charge in [-0.1, -0.05) is 40.5 Å². The highest BCUT2D eigenvalue weighted by Gasteiger charge is 2.48. The number of hydrogen-bond donors (Lipinski definition) is 0. The molecule has 2 saturated carbocycles. The third-order valence-corrected chi connectivity index (χ3v) is 4.81. The van der Waals surface area contributed by atoms with Crippen LogP contribution in [-0.2, 0) is 0 Å². The van der Waals surface area contributed by atoms with Gasteiger partial charge >= 0.3 is 0 Å². The Morgan fingerprint density at radius 3 is 2.31 bits per heavy atom. The molecule has 0 heterocycles. The average Bonchev–Trinajstić information content (AvgIpc) is 2.24. The predicted octanol–water partition coefficient (Wildman–Crippen LogP) is 4.10. The molecular weight excluding hydrogens is 156 g/mol. The van der Waals surface area contributed by atoms with Crippen molar-refractivity contribution in [2.45, 2.75) is 53.4 Å². The first-order chi connectivity index (χ1) is 6.02. The molecule has 4 atom stereocenters. The molecule has 0 amide bonds. The van der Waals surface area contributed by atoms with E-state index in [2.05, 4.69) is 27.7 Å². The molecule has 0 radical (unpaired) electrons. The van der Waals surface area contributed by atoms with Crippen molar-refractivity contribution in [1.29, 1.82) is 0 Å². The molecule has 0 bridgehead atoms. The van der Waals surface area contributed by atoms with Crippen LogP contribution in [0.25, 0.3) is 0 Å². The van der Waals surface area contributed by atoms with Crippen molar-refractivity contribution in [1.82, 2.24) is 0 Å². The highest BCUT2D eigenvalue weighted by atomic mass is 14.5. The van der Waals surface area contributed by atoms with Gasteiger partial charge in [-0.15, -0.1) is 0 Å². The fraction of sp³-hybridized carbons (Fsp3) is 1.00. The van der Waals surface area contributed by atoms with Gasteiger partial charge in [0.05, 0.1) is 0 Å². The second-order valence-corrected chi connectivity index (χ2v) is 6.26. The van der Waals surface area contributed by atoms with E-state index in [9.17, 15) is 0 Å². The van der Waals surface area contributed by atoms with Crippen LogP contribution in [0.4, 0.5) is 0 Å². The second kappa shape index (κ2) is 3.00. The lowest BCUT2D eigenvalue weighted by atomic mass is 9.67. The molecule has 2 aliphatic rings. The Labute approximate surface area is 83.1 Å². The van der Waals surface area contributed by atoms with Crippen LogP contribution >= 0.6 is 0 Å². The van der Waals surface area contributed by atoms with Crippen LogP contribution in [0.15, 0.2) is 0 Å². The van der Waals surface area contributed by atoms with E-state index in [1.54, 1.807) is 0 Å². The van der Waals surface area contributed by atoms with Gasteiger partial charge in [0, 0.05) is 0 Å². The number of hydrogen-bond acceptors (Lipinski definition) is 0. The summed E-state index contributed by atoms with van der Waals surface area (Å²) >= 11 is 0. The van der Waals surface area contributed by atoms with Gasteiger partial charge in [-0.05, 0) is 41.9 Å². The summed E-state index contributed by atoms with van der Waals surface area (Å²) in [5.41, 5.74) is 0.638. The molecule has 2 fully saturated rings. The summed E-state index contributed by atoms with van der Waals surface area (Å²) in [7, 11) is 0. The summed E-state index contributed by atoms with van der Waals surface area (Å²) in [6, 6.07) is 0. The molecule has 0 nitrogen and oxygen atoms in total. The molecule has 0 spiro atoms. The van der Waals surface area contributed by atoms with Crippen molar-refractivity contribution in [3.8, 4) is 0 Å². The topological polar surface area (TPSA) is 0 Å². The highest BCUT2D eigenvalue weighted by Crippen LogP contribution is 2.57. The Morgan fingerprint density at radius 2 is 1.69 bits per heavy atom. The Bertz CT molecular complexity index is 192. The van der Waals surface area contributed by atoms with E-state index in [1.165, 1.54) is 25.7 Å². The summed E-state index contributed by atoms with van der Waals surface area (Å²) in [4.78, 5) is 0. The average molecular weight is 180 g/mol. The van der Waals surface area contributed by atoms with Crippen molar-refractivity contribution in [2.24, 2.45) is 29.1 Å². The largest absolute Gasteiger partial charge is 0.0622 e. The van der Waals surface area contributed by atoms with Crippen LogP contribution in [0, 0.1) is 29.1 Å². The van der Waals surface area contributed by atoms with Gasteiger partial charge in [0.15, 0.2) is 0 Å². The van der Waals surface area contributed by atoms with E-state index in [0.29, 0.717) is 5.41 Å². The van der Waals surface area contributed by atoms with E-state index >= 15 is 0 Å². The maximum Gasteiger partial charge on any atom is -0.0320 e. The predicted molar refractivity (Wildman–Crippen MR) is 57.6 cm³/mol. The van der Waals surface area contributed by atoms with Crippen molar-refractivity contribution in [3.63, 3.8) is 0 Å². The van der Waals surface area contributed by atoms with E-state index in [1.807, 2.05) is 0 Å². The SMILES string of the molecule is CC1CCCC2C1C(C)CC2(C)C. The van der Waals surface area contributed by atoms with Gasteiger partial charge in [-0.25, -0.2) is 0 Å². The number of fused-ring (bicyclic) bond motifs is 1. The molecule has 4 unspecified atom stereocenters. The lowest BCUT2D eigenvalue weighted by Crippen LogP contribution is -2.30.